The van der Waals surface area contributed by atoms with Crippen molar-refractivity contribution in [3.8, 4) is 0 Å². The molecule has 0 unspecified atom stereocenters. The Balaban J connectivity index is 0.000000187. The van der Waals surface area contributed by atoms with E-state index in [2.05, 4.69) is 25.3 Å². The summed E-state index contributed by atoms with van der Waals surface area (Å²) in [4.78, 5) is 53.7. The zero-order valence-electron chi connectivity index (χ0n) is 25.1. The molecule has 230 valence electrons. The van der Waals surface area contributed by atoms with Crippen LogP contribution in [0, 0.1) is 17.0 Å². The van der Waals surface area contributed by atoms with E-state index in [4.69, 9.17) is 5.73 Å². The van der Waals surface area contributed by atoms with Crippen LogP contribution < -0.4 is 11.1 Å². The number of nitrogens with zero attached hydrogens (tertiary/aromatic N) is 4. The van der Waals surface area contributed by atoms with E-state index in [9.17, 15) is 23.2 Å². The predicted octanol–water partition coefficient (Wildman–Crippen LogP) is 6.57. The van der Waals surface area contributed by atoms with E-state index in [1.807, 2.05) is 0 Å². The second kappa shape index (κ2) is 12.9. The van der Waals surface area contributed by atoms with Crippen molar-refractivity contribution >= 4 is 50.9 Å². The first-order valence-electron chi connectivity index (χ1n) is 14.1. The van der Waals surface area contributed by atoms with Crippen molar-refractivity contribution in [2.24, 2.45) is 5.41 Å². The van der Waals surface area contributed by atoms with Gasteiger partial charge in [-0.2, -0.15) is 0 Å². The first-order valence-corrected chi connectivity index (χ1v) is 14.1. The van der Waals surface area contributed by atoms with Crippen LogP contribution in [0.2, 0.25) is 0 Å². The third-order valence-corrected chi connectivity index (χ3v) is 6.85. The minimum Gasteiger partial charge on any atom is -0.399 e. The minimum atomic E-state index is -0.650. The predicted molar refractivity (Wildman–Crippen MR) is 171 cm³/mol. The molecule has 0 saturated carbocycles. The average Bonchev–Trinajstić information content (AvgIpc) is 3.05. The number of ketones is 2. The number of nitrogen functional groups attached to an aromatic ring is 1. The maximum Gasteiger partial charge on any atom is 0.229 e. The van der Waals surface area contributed by atoms with Gasteiger partial charge in [-0.25, -0.2) is 8.78 Å². The highest BCUT2D eigenvalue weighted by molar-refractivity contribution is 6.11. The molecule has 6 aromatic rings. The Kier molecular flexibility index (Phi) is 8.85. The molecule has 2 heterocycles. The Morgan fingerprint density at radius 3 is 1.57 bits per heavy atom. The van der Waals surface area contributed by atoms with Gasteiger partial charge in [0, 0.05) is 52.7 Å². The van der Waals surface area contributed by atoms with E-state index in [0.29, 0.717) is 44.6 Å². The largest absolute Gasteiger partial charge is 0.399 e. The van der Waals surface area contributed by atoms with Gasteiger partial charge in [-0.3, -0.25) is 34.3 Å². The molecule has 1 amide bonds. The maximum absolute atomic E-state index is 14.2. The molecule has 6 rings (SSSR count). The Morgan fingerprint density at radius 1 is 0.609 bits per heavy atom. The summed E-state index contributed by atoms with van der Waals surface area (Å²) in [5.41, 5.74) is 8.66. The normalized spacial score (nSPS) is 11.1. The van der Waals surface area contributed by atoms with Crippen molar-refractivity contribution in [2.45, 2.75) is 20.8 Å². The zero-order chi connectivity index (χ0) is 33.0. The Labute approximate surface area is 262 Å². The summed E-state index contributed by atoms with van der Waals surface area (Å²) in [6.45, 7) is 5.32. The molecule has 46 heavy (non-hydrogen) atoms. The fraction of sp³-hybridized carbons (Fsp3) is 0.114. The molecule has 0 saturated heterocycles. The molecule has 3 N–H and O–H groups in total. The molecule has 2 aromatic heterocycles. The van der Waals surface area contributed by atoms with Gasteiger partial charge >= 0.3 is 0 Å². The lowest BCUT2D eigenvalue weighted by Gasteiger charge is -2.18. The van der Waals surface area contributed by atoms with Crippen LogP contribution in [-0.2, 0) is 4.79 Å². The van der Waals surface area contributed by atoms with Gasteiger partial charge in [-0.05, 0) is 72.8 Å². The first kappa shape index (κ1) is 31.5. The SMILES string of the molecule is CC(C)(C)C(=O)Nc1ccc(F)c(C(=O)c2ccc3nccnc3c2)c1.Nc1ccc(F)c(C(=O)c2ccc3nccnc3c2)c1. The van der Waals surface area contributed by atoms with Crippen LogP contribution in [0.1, 0.15) is 52.6 Å². The van der Waals surface area contributed by atoms with Crippen LogP contribution in [0.3, 0.4) is 0 Å². The van der Waals surface area contributed by atoms with E-state index in [1.54, 1.807) is 69.6 Å². The quantitative estimate of drug-likeness (QED) is 0.163. The summed E-state index contributed by atoms with van der Waals surface area (Å²) in [5, 5.41) is 2.71. The third-order valence-electron chi connectivity index (χ3n) is 6.85. The van der Waals surface area contributed by atoms with Crippen molar-refractivity contribution < 1.29 is 23.2 Å². The van der Waals surface area contributed by atoms with Crippen molar-refractivity contribution in [1.82, 2.24) is 19.9 Å². The van der Waals surface area contributed by atoms with Crippen LogP contribution in [-0.4, -0.2) is 37.4 Å². The number of rotatable bonds is 5. The number of fused-ring (bicyclic) bond motifs is 2. The number of halogens is 2. The molecular formula is C35H28F2N6O3. The second-order valence-electron chi connectivity index (χ2n) is 11.3. The highest BCUT2D eigenvalue weighted by Gasteiger charge is 2.22. The lowest BCUT2D eigenvalue weighted by atomic mass is 9.95. The number of aromatic nitrogens is 4. The van der Waals surface area contributed by atoms with Crippen LogP contribution in [0.4, 0.5) is 20.2 Å². The number of benzene rings is 4. The number of nitrogens with two attached hydrogens (primary N) is 1. The molecule has 9 nitrogen and oxygen atoms in total. The summed E-state index contributed by atoms with van der Waals surface area (Å²) in [6.07, 6.45) is 6.20. The molecule has 0 spiro atoms. The second-order valence-corrected chi connectivity index (χ2v) is 11.3. The van der Waals surface area contributed by atoms with Gasteiger partial charge in [0.25, 0.3) is 0 Å². The highest BCUT2D eigenvalue weighted by Crippen LogP contribution is 2.23. The molecule has 4 aromatic carbocycles. The maximum atomic E-state index is 14.2. The van der Waals surface area contributed by atoms with Crippen molar-refractivity contribution in [1.29, 1.82) is 0 Å². The van der Waals surface area contributed by atoms with Gasteiger partial charge in [0.1, 0.15) is 11.6 Å². The van der Waals surface area contributed by atoms with Gasteiger partial charge in [0.05, 0.1) is 33.2 Å². The number of amides is 1. The lowest BCUT2D eigenvalue weighted by Crippen LogP contribution is -2.27. The van der Waals surface area contributed by atoms with Gasteiger partial charge in [0.2, 0.25) is 5.91 Å². The summed E-state index contributed by atoms with van der Waals surface area (Å²) in [5.74, 6) is -2.38. The number of carbonyl (C=O) groups is 3. The molecule has 0 aliphatic carbocycles. The van der Waals surface area contributed by atoms with Crippen LogP contribution >= 0.6 is 0 Å². The molecule has 0 radical (unpaired) electrons. The van der Waals surface area contributed by atoms with E-state index in [-0.39, 0.29) is 17.0 Å². The van der Waals surface area contributed by atoms with Gasteiger partial charge in [0.15, 0.2) is 11.6 Å². The number of nitrogens with one attached hydrogen (secondary N) is 1. The van der Waals surface area contributed by atoms with Gasteiger partial charge in [-0.15, -0.1) is 0 Å². The van der Waals surface area contributed by atoms with Crippen molar-refractivity contribution in [2.75, 3.05) is 11.1 Å². The Bertz CT molecular complexity index is 2130. The van der Waals surface area contributed by atoms with E-state index in [0.717, 1.165) is 0 Å². The number of carbonyl (C=O) groups excluding carboxylic acids is 3. The van der Waals surface area contributed by atoms with E-state index < -0.39 is 28.6 Å². The monoisotopic (exact) mass is 618 g/mol. The van der Waals surface area contributed by atoms with Crippen LogP contribution in [0.15, 0.2) is 97.6 Å². The fourth-order valence-electron chi connectivity index (χ4n) is 4.33. The molecular weight excluding hydrogens is 590 g/mol. The topological polar surface area (TPSA) is 141 Å². The fourth-order valence-corrected chi connectivity index (χ4v) is 4.33. The molecule has 0 fully saturated rings. The van der Waals surface area contributed by atoms with Crippen molar-refractivity contribution in [3.63, 3.8) is 0 Å². The number of anilines is 2. The molecule has 0 aliphatic heterocycles. The van der Waals surface area contributed by atoms with Gasteiger partial charge < -0.3 is 11.1 Å². The average molecular weight is 619 g/mol. The molecule has 0 atom stereocenters. The molecule has 11 heteroatoms. The zero-order valence-corrected chi connectivity index (χ0v) is 25.1. The summed E-state index contributed by atoms with van der Waals surface area (Å²) >= 11 is 0. The van der Waals surface area contributed by atoms with Crippen molar-refractivity contribution in [3.05, 3.63) is 131 Å². The number of hydrogen-bond donors (Lipinski definition) is 2. The molecule has 0 aliphatic rings. The standard InChI is InChI=1S/C20H18FN3O2.C15H10FN3O/c1-20(2,3)19(26)24-13-5-6-15(21)14(11-13)18(25)12-4-7-16-17(10-12)23-9-8-22-16;16-12-3-2-10(17)8-11(12)15(20)9-1-4-13-14(7-9)19-6-5-18-13/h4-11H,1-3H3,(H,24,26);1-8H,17H2. The lowest BCUT2D eigenvalue weighted by molar-refractivity contribution is -0.123. The highest BCUT2D eigenvalue weighted by atomic mass is 19.1. The van der Waals surface area contributed by atoms with E-state index in [1.165, 1.54) is 48.8 Å². The van der Waals surface area contributed by atoms with Crippen LogP contribution in [0.5, 0.6) is 0 Å². The Morgan fingerprint density at radius 2 is 1.07 bits per heavy atom. The van der Waals surface area contributed by atoms with Gasteiger partial charge in [-0.1, -0.05) is 20.8 Å². The minimum absolute atomic E-state index is 0.0479. The third kappa shape index (κ3) is 7.05. The molecule has 0 bridgehead atoms. The summed E-state index contributed by atoms with van der Waals surface area (Å²) in [7, 11) is 0. The first-order chi connectivity index (χ1) is 21.9. The van der Waals surface area contributed by atoms with E-state index >= 15 is 0 Å². The number of hydrogen-bond acceptors (Lipinski definition) is 8. The van der Waals surface area contributed by atoms with Crippen LogP contribution in [0.25, 0.3) is 22.1 Å². The Hall–Kier alpha value is -5.97. The summed E-state index contributed by atoms with van der Waals surface area (Å²) in [6, 6.07) is 17.6. The smallest absolute Gasteiger partial charge is 0.229 e. The summed E-state index contributed by atoms with van der Waals surface area (Å²) < 4.78 is 27.9.